The summed E-state index contributed by atoms with van der Waals surface area (Å²) in [6, 6.07) is 21.2. The molecule has 4 aromatic carbocycles. The van der Waals surface area contributed by atoms with Crippen LogP contribution in [0.1, 0.15) is 10.4 Å². The highest BCUT2D eigenvalue weighted by Crippen LogP contribution is 2.29. The zero-order valence-corrected chi connectivity index (χ0v) is 21.8. The zero-order chi connectivity index (χ0) is 28.0. The topological polar surface area (TPSA) is 118 Å². The maximum Gasteiger partial charge on any atom is 0.293 e. The smallest absolute Gasteiger partial charge is 0.293 e. The molecule has 0 heterocycles. The van der Waals surface area contributed by atoms with Crippen LogP contribution in [0.5, 0.6) is 0 Å². The van der Waals surface area contributed by atoms with Crippen molar-refractivity contribution in [2.75, 3.05) is 17.6 Å². The molecule has 200 valence electrons. The van der Waals surface area contributed by atoms with Gasteiger partial charge in [0.15, 0.2) is 0 Å². The Labute approximate surface area is 227 Å². The van der Waals surface area contributed by atoms with Crippen molar-refractivity contribution in [1.29, 1.82) is 0 Å². The molecule has 4 aromatic rings. The average Bonchev–Trinajstić information content (AvgIpc) is 2.92. The molecule has 0 spiro atoms. The van der Waals surface area contributed by atoms with Gasteiger partial charge in [-0.15, -0.1) is 11.8 Å². The molecule has 0 aliphatic carbocycles. The monoisotopic (exact) mass is 569 g/mol. The van der Waals surface area contributed by atoms with Crippen LogP contribution in [-0.2, 0) is 10.0 Å². The first-order chi connectivity index (χ1) is 18.6. The van der Waals surface area contributed by atoms with Gasteiger partial charge in [0.25, 0.3) is 21.6 Å². The first-order valence-electron chi connectivity index (χ1n) is 11.5. The van der Waals surface area contributed by atoms with Crippen molar-refractivity contribution in [3.8, 4) is 11.1 Å². The molecular formula is C27H21F2N3O5S2. The van der Waals surface area contributed by atoms with E-state index in [4.69, 9.17) is 0 Å². The number of rotatable bonds is 10. The Morgan fingerprint density at radius 2 is 1.64 bits per heavy atom. The second-order valence-electron chi connectivity index (χ2n) is 8.16. The number of thioether (sulfide) groups is 1. The van der Waals surface area contributed by atoms with Crippen LogP contribution in [0.3, 0.4) is 0 Å². The second-order valence-corrected chi connectivity index (χ2v) is 11.0. The number of amides is 1. The minimum absolute atomic E-state index is 0.0929. The highest BCUT2D eigenvalue weighted by atomic mass is 32.2. The minimum Gasteiger partial charge on any atom is -0.379 e. The van der Waals surface area contributed by atoms with Gasteiger partial charge in [0.2, 0.25) is 0 Å². The molecule has 0 saturated heterocycles. The van der Waals surface area contributed by atoms with Crippen molar-refractivity contribution in [3.05, 3.63) is 118 Å². The summed E-state index contributed by atoms with van der Waals surface area (Å²) in [6.45, 7) is 0.378. The molecular weight excluding hydrogens is 548 g/mol. The Morgan fingerprint density at radius 1 is 0.923 bits per heavy atom. The Bertz CT molecular complexity index is 1620. The Hall–Kier alpha value is -4.29. The van der Waals surface area contributed by atoms with Crippen LogP contribution in [0, 0.1) is 21.7 Å². The van der Waals surface area contributed by atoms with E-state index in [-0.39, 0.29) is 16.8 Å². The highest BCUT2D eigenvalue weighted by Gasteiger charge is 2.24. The molecule has 0 aliphatic heterocycles. The van der Waals surface area contributed by atoms with E-state index >= 15 is 0 Å². The van der Waals surface area contributed by atoms with Gasteiger partial charge in [0.1, 0.15) is 17.3 Å². The van der Waals surface area contributed by atoms with Crippen molar-refractivity contribution in [3.63, 3.8) is 0 Å². The van der Waals surface area contributed by atoms with Gasteiger partial charge in [-0.25, -0.2) is 21.9 Å². The first kappa shape index (κ1) is 27.7. The SMILES string of the molecule is O=C(NS(=O)(=O)c1ccc(NCCSc2ccccc2)c([N+](=O)[O-])c1)c1ccc(-c2ccc(F)cc2)c(F)c1. The largest absolute Gasteiger partial charge is 0.379 e. The summed E-state index contributed by atoms with van der Waals surface area (Å²) >= 11 is 1.55. The lowest BCUT2D eigenvalue weighted by Crippen LogP contribution is -2.30. The van der Waals surface area contributed by atoms with E-state index in [2.05, 4.69) is 5.32 Å². The molecule has 1 amide bonds. The summed E-state index contributed by atoms with van der Waals surface area (Å²) < 4.78 is 55.2. The fourth-order valence-corrected chi connectivity index (χ4v) is 5.39. The van der Waals surface area contributed by atoms with Crippen LogP contribution in [0.25, 0.3) is 11.1 Å². The van der Waals surface area contributed by atoms with Gasteiger partial charge in [-0.2, -0.15) is 0 Å². The van der Waals surface area contributed by atoms with E-state index in [9.17, 15) is 32.1 Å². The van der Waals surface area contributed by atoms with Gasteiger partial charge in [-0.05, 0) is 54.1 Å². The molecule has 4 rings (SSSR count). The number of nitro benzene ring substituents is 1. The minimum atomic E-state index is -4.52. The Kier molecular flexibility index (Phi) is 8.57. The van der Waals surface area contributed by atoms with Crippen molar-refractivity contribution in [1.82, 2.24) is 4.72 Å². The van der Waals surface area contributed by atoms with E-state index in [1.807, 2.05) is 35.1 Å². The molecule has 0 radical (unpaired) electrons. The van der Waals surface area contributed by atoms with E-state index in [0.29, 0.717) is 17.9 Å². The number of carbonyl (C=O) groups is 1. The lowest BCUT2D eigenvalue weighted by atomic mass is 10.0. The summed E-state index contributed by atoms with van der Waals surface area (Å²) in [5, 5.41) is 14.6. The van der Waals surface area contributed by atoms with Gasteiger partial charge >= 0.3 is 0 Å². The molecule has 0 aliphatic rings. The maximum atomic E-state index is 14.7. The number of hydrogen-bond donors (Lipinski definition) is 2. The van der Waals surface area contributed by atoms with Crippen LogP contribution in [-0.4, -0.2) is 31.5 Å². The quantitative estimate of drug-likeness (QED) is 0.106. The van der Waals surface area contributed by atoms with Crippen LogP contribution >= 0.6 is 11.8 Å². The lowest BCUT2D eigenvalue weighted by Gasteiger charge is -2.11. The van der Waals surface area contributed by atoms with E-state index < -0.39 is 43.1 Å². The Balaban J connectivity index is 1.46. The standard InChI is InChI=1S/C27H21F2N3O5S2/c28-20-9-6-18(7-10-20)23-12-8-19(16-24(23)29)27(33)31-39(36,37)22-11-13-25(26(17-22)32(34)35)30-14-15-38-21-4-2-1-3-5-21/h1-13,16-17,30H,14-15H2,(H,31,33). The fraction of sp³-hybridized carbons (Fsp3) is 0.0741. The zero-order valence-electron chi connectivity index (χ0n) is 20.1. The summed E-state index contributed by atoms with van der Waals surface area (Å²) in [4.78, 5) is 24.0. The van der Waals surface area contributed by atoms with E-state index in [0.717, 1.165) is 35.2 Å². The molecule has 2 N–H and O–H groups in total. The molecule has 0 saturated carbocycles. The first-order valence-corrected chi connectivity index (χ1v) is 13.9. The number of hydrogen-bond acceptors (Lipinski definition) is 7. The van der Waals surface area contributed by atoms with Crippen molar-refractivity contribution >= 4 is 39.1 Å². The summed E-state index contributed by atoms with van der Waals surface area (Å²) in [5.41, 5.74) is -0.184. The lowest BCUT2D eigenvalue weighted by molar-refractivity contribution is -0.384. The molecule has 0 aromatic heterocycles. The number of halogens is 2. The Morgan fingerprint density at radius 3 is 2.31 bits per heavy atom. The third-order valence-electron chi connectivity index (χ3n) is 5.52. The number of sulfonamides is 1. The molecule has 12 heteroatoms. The van der Waals surface area contributed by atoms with Crippen molar-refractivity contribution in [2.24, 2.45) is 0 Å². The van der Waals surface area contributed by atoms with Crippen molar-refractivity contribution < 1.29 is 26.9 Å². The molecule has 0 unspecified atom stereocenters. The summed E-state index contributed by atoms with van der Waals surface area (Å²) in [6.07, 6.45) is 0. The molecule has 0 fully saturated rings. The normalized spacial score (nSPS) is 11.1. The van der Waals surface area contributed by atoms with Crippen LogP contribution in [0.2, 0.25) is 0 Å². The van der Waals surface area contributed by atoms with Gasteiger partial charge in [0.05, 0.1) is 9.82 Å². The van der Waals surface area contributed by atoms with E-state index in [1.54, 1.807) is 11.8 Å². The number of nitrogens with zero attached hydrogens (tertiary/aromatic N) is 1. The molecule has 0 bridgehead atoms. The molecule has 39 heavy (non-hydrogen) atoms. The van der Waals surface area contributed by atoms with Crippen LogP contribution in [0.4, 0.5) is 20.2 Å². The second kappa shape index (κ2) is 12.0. The van der Waals surface area contributed by atoms with E-state index in [1.165, 1.54) is 30.3 Å². The number of carbonyl (C=O) groups excluding carboxylic acids is 1. The average molecular weight is 570 g/mol. The highest BCUT2D eigenvalue weighted by molar-refractivity contribution is 7.99. The third kappa shape index (κ3) is 6.98. The predicted octanol–water partition coefficient (Wildman–Crippen LogP) is 5.86. The van der Waals surface area contributed by atoms with Crippen LogP contribution in [0.15, 0.2) is 101 Å². The molecule has 8 nitrogen and oxygen atoms in total. The summed E-state index contributed by atoms with van der Waals surface area (Å²) in [5.74, 6) is -1.83. The number of nitro groups is 1. The number of benzene rings is 4. The van der Waals surface area contributed by atoms with Gasteiger partial charge < -0.3 is 5.32 Å². The van der Waals surface area contributed by atoms with Crippen molar-refractivity contribution in [2.45, 2.75) is 9.79 Å². The molecule has 0 atom stereocenters. The number of nitrogens with one attached hydrogen (secondary N) is 2. The van der Waals surface area contributed by atoms with Gasteiger partial charge in [-0.3, -0.25) is 14.9 Å². The van der Waals surface area contributed by atoms with Gasteiger partial charge in [-0.1, -0.05) is 36.4 Å². The fourth-order valence-electron chi connectivity index (χ4n) is 3.61. The number of anilines is 1. The predicted molar refractivity (Wildman–Crippen MR) is 145 cm³/mol. The van der Waals surface area contributed by atoms with Crippen LogP contribution < -0.4 is 10.0 Å². The maximum absolute atomic E-state index is 14.7. The van der Waals surface area contributed by atoms with Gasteiger partial charge in [0, 0.05) is 34.4 Å². The third-order valence-corrected chi connectivity index (χ3v) is 7.86. The summed E-state index contributed by atoms with van der Waals surface area (Å²) in [7, 11) is -4.52.